The maximum atomic E-state index is 2.34. The van der Waals surface area contributed by atoms with Gasteiger partial charge in [-0.05, 0) is 94.3 Å². The minimum absolute atomic E-state index is 1.25. The molecule has 0 radical (unpaired) electrons. The third-order valence-electron chi connectivity index (χ3n) is 8.00. The largest absolute Gasteiger partial charge is 0.0616 e. The number of hydrogen-bond acceptors (Lipinski definition) is 0. The highest BCUT2D eigenvalue weighted by Crippen LogP contribution is 2.36. The van der Waals surface area contributed by atoms with E-state index in [1.807, 2.05) is 0 Å². The second-order valence-corrected chi connectivity index (χ2v) is 10.2. The predicted octanol–water partition coefficient (Wildman–Crippen LogP) is 10.8. The van der Waals surface area contributed by atoms with E-state index in [1.165, 1.54) is 76.1 Å². The molecule has 0 heteroatoms. The summed E-state index contributed by atoms with van der Waals surface area (Å²) in [5.74, 6) is 0. The van der Waals surface area contributed by atoms with E-state index in [1.54, 1.807) is 0 Å². The van der Waals surface area contributed by atoms with Gasteiger partial charge in [-0.15, -0.1) is 0 Å². The molecule has 0 aliphatic carbocycles. The third-order valence-corrected chi connectivity index (χ3v) is 8.00. The van der Waals surface area contributed by atoms with Crippen LogP contribution in [0.5, 0.6) is 0 Å². The summed E-state index contributed by atoms with van der Waals surface area (Å²) in [6.45, 7) is 0. The zero-order chi connectivity index (χ0) is 25.1. The Balaban J connectivity index is 1.23. The molecule has 8 rings (SSSR count). The summed E-state index contributed by atoms with van der Waals surface area (Å²) < 4.78 is 0. The lowest BCUT2D eigenvalue weighted by molar-refractivity contribution is 1.66. The molecule has 176 valence electrons. The fraction of sp³-hybridized carbons (Fsp3) is 0. The molecule has 0 amide bonds. The average Bonchev–Trinajstić information content (AvgIpc) is 2.99. The first-order chi connectivity index (χ1) is 18.8. The molecule has 0 unspecified atom stereocenters. The van der Waals surface area contributed by atoms with Gasteiger partial charge >= 0.3 is 0 Å². The van der Waals surface area contributed by atoms with Crippen LogP contribution in [0.4, 0.5) is 0 Å². The molecule has 0 aromatic heterocycles. The zero-order valence-electron chi connectivity index (χ0n) is 20.9. The smallest absolute Gasteiger partial charge is 0.00268 e. The van der Waals surface area contributed by atoms with E-state index in [0.29, 0.717) is 0 Å². The first-order valence-corrected chi connectivity index (χ1v) is 13.2. The van der Waals surface area contributed by atoms with E-state index in [4.69, 9.17) is 0 Å². The highest BCUT2D eigenvalue weighted by molar-refractivity contribution is 6.20. The van der Waals surface area contributed by atoms with Crippen molar-refractivity contribution >= 4 is 53.9 Å². The van der Waals surface area contributed by atoms with Crippen molar-refractivity contribution in [3.8, 4) is 22.3 Å². The number of fused-ring (bicyclic) bond motifs is 7. The van der Waals surface area contributed by atoms with E-state index in [9.17, 15) is 0 Å². The molecular weight excluding hydrogens is 456 g/mol. The fourth-order valence-corrected chi connectivity index (χ4v) is 6.09. The van der Waals surface area contributed by atoms with Crippen LogP contribution >= 0.6 is 0 Å². The molecule has 8 aromatic carbocycles. The zero-order valence-corrected chi connectivity index (χ0v) is 20.9. The van der Waals surface area contributed by atoms with Crippen molar-refractivity contribution in [2.75, 3.05) is 0 Å². The Morgan fingerprint density at radius 1 is 0.263 bits per heavy atom. The van der Waals surface area contributed by atoms with E-state index in [0.717, 1.165) is 0 Å². The first kappa shape index (κ1) is 21.2. The van der Waals surface area contributed by atoms with Crippen LogP contribution in [0.2, 0.25) is 0 Å². The van der Waals surface area contributed by atoms with E-state index >= 15 is 0 Å². The molecule has 0 nitrogen and oxygen atoms in total. The summed E-state index contributed by atoms with van der Waals surface area (Å²) in [7, 11) is 0. The van der Waals surface area contributed by atoms with E-state index < -0.39 is 0 Å². The van der Waals surface area contributed by atoms with Gasteiger partial charge in [-0.1, -0.05) is 127 Å². The van der Waals surface area contributed by atoms with Crippen molar-refractivity contribution in [3.05, 3.63) is 146 Å². The highest BCUT2D eigenvalue weighted by Gasteiger charge is 2.09. The second kappa shape index (κ2) is 8.30. The average molecular weight is 481 g/mol. The number of benzene rings is 8. The van der Waals surface area contributed by atoms with Crippen molar-refractivity contribution in [1.82, 2.24) is 0 Å². The Morgan fingerprint density at radius 3 is 1.58 bits per heavy atom. The molecule has 38 heavy (non-hydrogen) atoms. The summed E-state index contributed by atoms with van der Waals surface area (Å²) in [5, 5.41) is 12.9. The molecule has 0 bridgehead atoms. The molecule has 0 aliphatic heterocycles. The Bertz CT molecular complexity index is 2180. The van der Waals surface area contributed by atoms with Crippen molar-refractivity contribution < 1.29 is 0 Å². The van der Waals surface area contributed by atoms with Crippen molar-refractivity contribution in [2.24, 2.45) is 0 Å². The van der Waals surface area contributed by atoms with Crippen LogP contribution in [-0.4, -0.2) is 0 Å². The maximum absolute atomic E-state index is 2.34. The van der Waals surface area contributed by atoms with Gasteiger partial charge in [0.2, 0.25) is 0 Å². The van der Waals surface area contributed by atoms with Gasteiger partial charge in [0, 0.05) is 0 Å². The first-order valence-electron chi connectivity index (χ1n) is 13.2. The standard InChI is InChI=1S/C38H24/c1-3-9-34-25(6-1)8-5-11-35(34)32-19-17-29-22-28(15-16-30(29)23-32)31-20-21-37-33(24-31)18-14-27-13-12-26-7-2-4-10-36(26)38(27)37/h1-24H. The molecule has 0 saturated carbocycles. The molecule has 8 aromatic rings. The van der Waals surface area contributed by atoms with E-state index in [-0.39, 0.29) is 0 Å². The van der Waals surface area contributed by atoms with Gasteiger partial charge in [0.05, 0.1) is 0 Å². The number of rotatable bonds is 2. The number of hydrogen-bond donors (Lipinski definition) is 0. The summed E-state index contributed by atoms with van der Waals surface area (Å²) in [6, 6.07) is 53.4. The Kier molecular flexibility index (Phi) is 4.62. The molecule has 0 fully saturated rings. The van der Waals surface area contributed by atoms with Crippen LogP contribution in [0.25, 0.3) is 76.1 Å². The van der Waals surface area contributed by atoms with Gasteiger partial charge in [0.25, 0.3) is 0 Å². The highest BCUT2D eigenvalue weighted by atomic mass is 14.1. The lowest BCUT2D eigenvalue weighted by atomic mass is 9.93. The normalized spacial score (nSPS) is 11.7. The van der Waals surface area contributed by atoms with Crippen LogP contribution in [0.1, 0.15) is 0 Å². The topological polar surface area (TPSA) is 0 Å². The summed E-state index contributed by atoms with van der Waals surface area (Å²) in [5.41, 5.74) is 5.03. The lowest BCUT2D eigenvalue weighted by Gasteiger charge is -2.11. The van der Waals surface area contributed by atoms with Crippen molar-refractivity contribution in [3.63, 3.8) is 0 Å². The molecule has 0 spiro atoms. The van der Waals surface area contributed by atoms with Crippen LogP contribution < -0.4 is 0 Å². The predicted molar refractivity (Wildman–Crippen MR) is 165 cm³/mol. The van der Waals surface area contributed by atoms with Gasteiger partial charge < -0.3 is 0 Å². The fourth-order valence-electron chi connectivity index (χ4n) is 6.09. The second-order valence-electron chi connectivity index (χ2n) is 10.2. The van der Waals surface area contributed by atoms with Crippen molar-refractivity contribution in [1.29, 1.82) is 0 Å². The minimum Gasteiger partial charge on any atom is -0.0616 e. The molecule has 0 N–H and O–H groups in total. The summed E-state index contributed by atoms with van der Waals surface area (Å²) in [4.78, 5) is 0. The monoisotopic (exact) mass is 480 g/mol. The van der Waals surface area contributed by atoms with Gasteiger partial charge in [-0.2, -0.15) is 0 Å². The Hall–Kier alpha value is -4.94. The molecular formula is C38H24. The maximum Gasteiger partial charge on any atom is -0.00268 e. The lowest BCUT2D eigenvalue weighted by Crippen LogP contribution is -1.85. The van der Waals surface area contributed by atoms with Crippen LogP contribution in [0.3, 0.4) is 0 Å². The molecule has 0 aliphatic rings. The Labute approximate surface area is 221 Å². The van der Waals surface area contributed by atoms with E-state index in [2.05, 4.69) is 146 Å². The quantitative estimate of drug-likeness (QED) is 0.216. The van der Waals surface area contributed by atoms with Crippen LogP contribution in [0, 0.1) is 0 Å². The van der Waals surface area contributed by atoms with Gasteiger partial charge in [0.1, 0.15) is 0 Å². The van der Waals surface area contributed by atoms with Gasteiger partial charge in [0.15, 0.2) is 0 Å². The van der Waals surface area contributed by atoms with Crippen LogP contribution in [0.15, 0.2) is 146 Å². The Morgan fingerprint density at radius 2 is 0.763 bits per heavy atom. The molecule has 0 atom stereocenters. The van der Waals surface area contributed by atoms with Gasteiger partial charge in [-0.25, -0.2) is 0 Å². The van der Waals surface area contributed by atoms with Gasteiger partial charge in [-0.3, -0.25) is 0 Å². The van der Waals surface area contributed by atoms with Crippen LogP contribution in [-0.2, 0) is 0 Å². The SMILES string of the molecule is c1ccc2c(-c3ccc4cc(-c5ccc6c(ccc7ccc8ccccc8c76)c5)ccc4c3)cccc2c1. The summed E-state index contributed by atoms with van der Waals surface area (Å²) >= 11 is 0. The molecule has 0 heterocycles. The summed E-state index contributed by atoms with van der Waals surface area (Å²) in [6.07, 6.45) is 0. The van der Waals surface area contributed by atoms with Crippen molar-refractivity contribution in [2.45, 2.75) is 0 Å². The third kappa shape index (κ3) is 3.31. The minimum atomic E-state index is 1.25. The molecule has 0 saturated heterocycles.